The number of carbonyl (C=O) groups excluding carboxylic acids is 1. The molecule has 2 amide bonds. The Morgan fingerprint density at radius 1 is 0.875 bits per heavy atom. The lowest BCUT2D eigenvalue weighted by atomic mass is 9.98. The Morgan fingerprint density at radius 3 is 1.92 bits per heavy atom. The van der Waals surface area contributed by atoms with Crippen LogP contribution in [0.1, 0.15) is 81.8 Å². The summed E-state index contributed by atoms with van der Waals surface area (Å²) < 4.78 is 0. The largest absolute Gasteiger partial charge is 0.335 e. The number of carbonyl (C=O) groups is 1. The average Bonchev–Trinajstić information content (AvgIpc) is 2.57. The van der Waals surface area contributed by atoms with Crippen molar-refractivity contribution in [1.29, 1.82) is 0 Å². The minimum absolute atomic E-state index is 0.0207. The van der Waals surface area contributed by atoms with Crippen molar-refractivity contribution < 1.29 is 4.79 Å². The minimum Gasteiger partial charge on any atom is -0.335 e. The van der Waals surface area contributed by atoms with E-state index in [1.54, 1.807) is 0 Å². The molecule has 0 unspecified atom stereocenters. The molecule has 2 N–H and O–H groups in total. The van der Waals surface area contributed by atoms with Crippen molar-refractivity contribution in [2.24, 2.45) is 0 Å². The molecule has 1 aliphatic carbocycles. The SMILES string of the molecule is Cc1ccc(CNC(=O)NC2CCCCCCCCCCC2)cc1. The molecule has 3 heteroatoms. The van der Waals surface area contributed by atoms with Gasteiger partial charge < -0.3 is 10.6 Å². The topological polar surface area (TPSA) is 41.1 Å². The summed E-state index contributed by atoms with van der Waals surface area (Å²) in [6.45, 7) is 2.67. The predicted molar refractivity (Wildman–Crippen MR) is 101 cm³/mol. The fourth-order valence-corrected chi connectivity index (χ4v) is 3.43. The Labute approximate surface area is 147 Å². The molecule has 0 aromatic heterocycles. The van der Waals surface area contributed by atoms with Crippen LogP contribution >= 0.6 is 0 Å². The molecule has 1 fully saturated rings. The summed E-state index contributed by atoms with van der Waals surface area (Å²) in [5, 5.41) is 6.20. The van der Waals surface area contributed by atoms with Gasteiger partial charge in [-0.05, 0) is 25.3 Å². The predicted octanol–water partition coefficient (Wildman–Crippen LogP) is 5.47. The van der Waals surface area contributed by atoms with Crippen LogP contribution in [-0.2, 0) is 6.54 Å². The molecule has 0 atom stereocenters. The van der Waals surface area contributed by atoms with E-state index in [-0.39, 0.29) is 6.03 Å². The van der Waals surface area contributed by atoms with E-state index in [0.29, 0.717) is 12.6 Å². The Bertz CT molecular complexity index is 457. The first-order chi connectivity index (χ1) is 11.7. The zero-order valence-corrected chi connectivity index (χ0v) is 15.3. The summed E-state index contributed by atoms with van der Waals surface area (Å²) >= 11 is 0. The zero-order chi connectivity index (χ0) is 17.0. The van der Waals surface area contributed by atoms with Crippen LogP contribution in [0.15, 0.2) is 24.3 Å². The second kappa shape index (κ2) is 11.1. The first kappa shape index (κ1) is 18.8. The Morgan fingerprint density at radius 2 is 1.38 bits per heavy atom. The number of amides is 2. The van der Waals surface area contributed by atoms with Crippen molar-refractivity contribution >= 4 is 6.03 Å². The minimum atomic E-state index is -0.0207. The molecule has 0 heterocycles. The van der Waals surface area contributed by atoms with Crippen LogP contribution in [0, 0.1) is 6.92 Å². The monoisotopic (exact) mass is 330 g/mol. The van der Waals surface area contributed by atoms with Gasteiger partial charge in [0, 0.05) is 12.6 Å². The first-order valence-electron chi connectivity index (χ1n) is 9.84. The third kappa shape index (κ3) is 7.85. The van der Waals surface area contributed by atoms with Crippen LogP contribution in [0.2, 0.25) is 0 Å². The van der Waals surface area contributed by atoms with Crippen molar-refractivity contribution in [3.63, 3.8) is 0 Å². The summed E-state index contributed by atoms with van der Waals surface area (Å²) in [5.41, 5.74) is 2.39. The number of hydrogen-bond acceptors (Lipinski definition) is 1. The first-order valence-corrected chi connectivity index (χ1v) is 9.84. The highest BCUT2D eigenvalue weighted by atomic mass is 16.2. The van der Waals surface area contributed by atoms with Gasteiger partial charge in [0.2, 0.25) is 0 Å². The fraction of sp³-hybridized carbons (Fsp3) is 0.667. The second-order valence-electron chi connectivity index (χ2n) is 7.27. The van der Waals surface area contributed by atoms with E-state index < -0.39 is 0 Å². The number of aryl methyl sites for hydroxylation is 1. The lowest BCUT2D eigenvalue weighted by molar-refractivity contribution is 0.234. The van der Waals surface area contributed by atoms with E-state index in [0.717, 1.165) is 18.4 Å². The molecule has 1 saturated carbocycles. The summed E-state index contributed by atoms with van der Waals surface area (Å²) in [4.78, 5) is 12.2. The van der Waals surface area contributed by atoms with Gasteiger partial charge in [-0.2, -0.15) is 0 Å². The summed E-state index contributed by atoms with van der Waals surface area (Å²) in [6, 6.07) is 8.64. The number of benzene rings is 1. The number of nitrogens with one attached hydrogen (secondary N) is 2. The molecule has 0 radical (unpaired) electrons. The average molecular weight is 331 g/mol. The highest BCUT2D eigenvalue weighted by Crippen LogP contribution is 2.17. The molecule has 1 aromatic carbocycles. The standard InChI is InChI=1S/C21H34N2O/c1-18-13-15-19(16-14-18)17-22-21(24)23-20-11-9-7-5-3-2-4-6-8-10-12-20/h13-16,20H,2-12,17H2,1H3,(H2,22,23,24). The van der Waals surface area contributed by atoms with Gasteiger partial charge in [-0.1, -0.05) is 87.6 Å². The smallest absolute Gasteiger partial charge is 0.315 e. The number of rotatable bonds is 3. The van der Waals surface area contributed by atoms with Gasteiger partial charge in [-0.15, -0.1) is 0 Å². The molecule has 1 aromatic rings. The van der Waals surface area contributed by atoms with E-state index in [1.807, 2.05) is 0 Å². The molecular weight excluding hydrogens is 296 g/mol. The molecule has 3 nitrogen and oxygen atoms in total. The number of hydrogen-bond donors (Lipinski definition) is 2. The van der Waals surface area contributed by atoms with Crippen LogP contribution in [0.5, 0.6) is 0 Å². The molecule has 0 aliphatic heterocycles. The van der Waals surface area contributed by atoms with Crippen LogP contribution in [0.4, 0.5) is 4.79 Å². The van der Waals surface area contributed by atoms with Crippen molar-refractivity contribution in [1.82, 2.24) is 10.6 Å². The highest BCUT2D eigenvalue weighted by molar-refractivity contribution is 5.74. The summed E-state index contributed by atoms with van der Waals surface area (Å²) in [7, 11) is 0. The lowest BCUT2D eigenvalue weighted by Crippen LogP contribution is -2.41. The van der Waals surface area contributed by atoms with Gasteiger partial charge in [-0.3, -0.25) is 0 Å². The van der Waals surface area contributed by atoms with Gasteiger partial charge in [0.1, 0.15) is 0 Å². The summed E-state index contributed by atoms with van der Waals surface area (Å²) in [5.74, 6) is 0. The van der Waals surface area contributed by atoms with Gasteiger partial charge in [0.25, 0.3) is 0 Å². The maximum atomic E-state index is 12.2. The van der Waals surface area contributed by atoms with Crippen LogP contribution in [0.25, 0.3) is 0 Å². The Kier molecular flexibility index (Phi) is 8.72. The molecule has 0 saturated heterocycles. The maximum absolute atomic E-state index is 12.2. The molecule has 2 rings (SSSR count). The van der Waals surface area contributed by atoms with E-state index >= 15 is 0 Å². The van der Waals surface area contributed by atoms with Crippen LogP contribution in [0.3, 0.4) is 0 Å². The Hall–Kier alpha value is -1.51. The molecule has 134 valence electrons. The van der Waals surface area contributed by atoms with Gasteiger partial charge in [0.15, 0.2) is 0 Å². The molecular formula is C21H34N2O. The third-order valence-electron chi connectivity index (χ3n) is 5.01. The van der Waals surface area contributed by atoms with E-state index in [9.17, 15) is 4.79 Å². The third-order valence-corrected chi connectivity index (χ3v) is 5.01. The van der Waals surface area contributed by atoms with Crippen molar-refractivity contribution in [2.45, 2.75) is 90.1 Å². The quantitative estimate of drug-likeness (QED) is 0.758. The molecule has 1 aliphatic rings. The molecule has 24 heavy (non-hydrogen) atoms. The van der Waals surface area contributed by atoms with Gasteiger partial charge in [0.05, 0.1) is 0 Å². The highest BCUT2D eigenvalue weighted by Gasteiger charge is 2.12. The normalized spacial score (nSPS) is 18.2. The van der Waals surface area contributed by atoms with Crippen LogP contribution in [-0.4, -0.2) is 12.1 Å². The van der Waals surface area contributed by atoms with E-state index in [2.05, 4.69) is 41.8 Å². The van der Waals surface area contributed by atoms with Crippen molar-refractivity contribution in [3.05, 3.63) is 35.4 Å². The Balaban J connectivity index is 1.73. The van der Waals surface area contributed by atoms with Crippen LogP contribution < -0.4 is 10.6 Å². The van der Waals surface area contributed by atoms with Gasteiger partial charge in [-0.25, -0.2) is 4.79 Å². The fourth-order valence-electron chi connectivity index (χ4n) is 3.43. The van der Waals surface area contributed by atoms with Crippen molar-refractivity contribution in [2.75, 3.05) is 0 Å². The number of urea groups is 1. The van der Waals surface area contributed by atoms with Gasteiger partial charge >= 0.3 is 6.03 Å². The molecule has 0 bridgehead atoms. The lowest BCUT2D eigenvalue weighted by Gasteiger charge is -2.20. The molecule has 0 spiro atoms. The second-order valence-corrected chi connectivity index (χ2v) is 7.27. The van der Waals surface area contributed by atoms with E-state index in [1.165, 1.54) is 63.4 Å². The summed E-state index contributed by atoms with van der Waals surface area (Å²) in [6.07, 6.45) is 14.2. The van der Waals surface area contributed by atoms with E-state index in [4.69, 9.17) is 0 Å². The zero-order valence-electron chi connectivity index (χ0n) is 15.3. The van der Waals surface area contributed by atoms with Crippen molar-refractivity contribution in [3.8, 4) is 0 Å². The maximum Gasteiger partial charge on any atom is 0.315 e.